The number of aromatic nitrogens is 2. The molecule has 0 atom stereocenters. The number of ether oxygens (including phenoxy) is 1. The van der Waals surface area contributed by atoms with Gasteiger partial charge in [0.25, 0.3) is 0 Å². The van der Waals surface area contributed by atoms with Crippen LogP contribution in [0.3, 0.4) is 0 Å². The highest BCUT2D eigenvalue weighted by Gasteiger charge is 2.16. The van der Waals surface area contributed by atoms with Crippen molar-refractivity contribution in [1.82, 2.24) is 10.1 Å². The van der Waals surface area contributed by atoms with E-state index in [1.807, 2.05) is 60.7 Å². The quantitative estimate of drug-likeness (QED) is 0.311. The number of amides is 2. The number of carbonyl (C=O) groups is 1. The maximum Gasteiger partial charge on any atom is 0.323 e. The van der Waals surface area contributed by atoms with Crippen molar-refractivity contribution in [2.75, 3.05) is 23.5 Å². The minimum absolute atomic E-state index is 0.207. The van der Waals surface area contributed by atoms with Crippen molar-refractivity contribution in [2.45, 2.75) is 0 Å². The second-order valence-electron chi connectivity index (χ2n) is 7.55. The molecule has 0 aliphatic carbocycles. The molecule has 0 radical (unpaired) electrons. The summed E-state index contributed by atoms with van der Waals surface area (Å²) in [6, 6.07) is 26.0. The highest BCUT2D eigenvalue weighted by Crippen LogP contribution is 2.35. The number of methoxy groups -OCH3 is 1. The smallest absolute Gasteiger partial charge is 0.323 e. The molecule has 8 nitrogen and oxygen atoms in total. The zero-order valence-electron chi connectivity index (χ0n) is 18.3. The number of nitrogen functional groups attached to an aromatic ring is 1. The number of anilines is 3. The summed E-state index contributed by atoms with van der Waals surface area (Å²) in [6.07, 6.45) is 0. The summed E-state index contributed by atoms with van der Waals surface area (Å²) in [5.74, 6) is 0.925. The van der Waals surface area contributed by atoms with Gasteiger partial charge in [-0.3, -0.25) is 0 Å². The van der Waals surface area contributed by atoms with Crippen LogP contribution in [-0.4, -0.2) is 23.3 Å². The summed E-state index contributed by atoms with van der Waals surface area (Å²) in [5.41, 5.74) is 11.2. The third kappa shape index (κ3) is 4.24. The molecule has 0 aliphatic rings. The normalized spacial score (nSPS) is 10.7. The van der Waals surface area contributed by atoms with Crippen molar-refractivity contribution < 1.29 is 14.1 Å². The maximum atomic E-state index is 12.4. The zero-order valence-corrected chi connectivity index (χ0v) is 18.3. The lowest BCUT2D eigenvalue weighted by molar-refractivity contribution is 0.262. The third-order valence-corrected chi connectivity index (χ3v) is 5.35. The van der Waals surface area contributed by atoms with E-state index in [1.165, 1.54) is 0 Å². The van der Waals surface area contributed by atoms with Crippen LogP contribution in [-0.2, 0) is 0 Å². The Morgan fingerprint density at radius 3 is 2.18 bits per heavy atom. The Balaban J connectivity index is 1.40. The molecule has 168 valence electrons. The molecule has 0 bridgehead atoms. The van der Waals surface area contributed by atoms with E-state index in [9.17, 15) is 4.79 Å². The van der Waals surface area contributed by atoms with E-state index in [0.717, 1.165) is 28.1 Å². The minimum atomic E-state index is -0.348. The van der Waals surface area contributed by atoms with Crippen LogP contribution in [0.5, 0.6) is 5.75 Å². The van der Waals surface area contributed by atoms with Crippen LogP contribution >= 0.6 is 0 Å². The standard InChI is InChI=1S/C26H21N5O3/c1-33-20-13-11-19(12-14-20)29-26(32)28-18-9-7-16(8-10-18)21-15-22(17-5-3-2-4-6-17)30-25-23(21)24(27)34-31-25/h2-15H,27H2,1H3,(H2,28,29,32). The molecule has 34 heavy (non-hydrogen) atoms. The lowest BCUT2D eigenvalue weighted by atomic mass is 10.00. The van der Waals surface area contributed by atoms with E-state index in [-0.39, 0.29) is 11.9 Å². The molecular formula is C26H21N5O3. The van der Waals surface area contributed by atoms with Crippen LogP contribution in [0.25, 0.3) is 33.4 Å². The van der Waals surface area contributed by atoms with Crippen LogP contribution in [0, 0.1) is 0 Å². The van der Waals surface area contributed by atoms with Gasteiger partial charge in [-0.25, -0.2) is 9.78 Å². The molecule has 5 aromatic rings. The molecule has 5 rings (SSSR count). The van der Waals surface area contributed by atoms with Crippen molar-refractivity contribution in [1.29, 1.82) is 0 Å². The molecule has 4 N–H and O–H groups in total. The highest BCUT2D eigenvalue weighted by atomic mass is 16.5. The van der Waals surface area contributed by atoms with E-state index < -0.39 is 0 Å². The van der Waals surface area contributed by atoms with Gasteiger partial charge in [0.05, 0.1) is 18.2 Å². The average molecular weight is 451 g/mol. The van der Waals surface area contributed by atoms with Crippen molar-refractivity contribution in [3.8, 4) is 28.1 Å². The van der Waals surface area contributed by atoms with Gasteiger partial charge in [0.15, 0.2) is 0 Å². The summed E-state index contributed by atoms with van der Waals surface area (Å²) in [4.78, 5) is 17.0. The van der Waals surface area contributed by atoms with Crippen molar-refractivity contribution in [3.63, 3.8) is 0 Å². The summed E-state index contributed by atoms with van der Waals surface area (Å²) >= 11 is 0. The first kappa shape index (κ1) is 21.0. The van der Waals surface area contributed by atoms with Gasteiger partial charge in [0.1, 0.15) is 5.75 Å². The topological polar surface area (TPSA) is 115 Å². The number of urea groups is 1. The lowest BCUT2D eigenvalue weighted by Crippen LogP contribution is -2.19. The SMILES string of the molecule is COc1ccc(NC(=O)Nc2ccc(-c3cc(-c4ccccc4)nc4noc(N)c34)cc2)cc1. The number of carbonyl (C=O) groups excluding carboxylic acids is 1. The molecule has 2 aromatic heterocycles. The van der Waals surface area contributed by atoms with Gasteiger partial charge in [-0.2, -0.15) is 0 Å². The molecule has 2 heterocycles. The molecule has 3 aromatic carbocycles. The van der Waals surface area contributed by atoms with Crippen molar-refractivity contribution in [3.05, 3.63) is 84.9 Å². The number of fused-ring (bicyclic) bond motifs is 1. The van der Waals surface area contributed by atoms with E-state index in [1.54, 1.807) is 31.4 Å². The highest BCUT2D eigenvalue weighted by molar-refractivity contribution is 6.02. The Morgan fingerprint density at radius 2 is 1.53 bits per heavy atom. The maximum absolute atomic E-state index is 12.4. The van der Waals surface area contributed by atoms with Crippen molar-refractivity contribution in [2.24, 2.45) is 0 Å². The van der Waals surface area contributed by atoms with E-state index >= 15 is 0 Å². The Morgan fingerprint density at radius 1 is 0.882 bits per heavy atom. The molecule has 0 unspecified atom stereocenters. The minimum Gasteiger partial charge on any atom is -0.497 e. The summed E-state index contributed by atoms with van der Waals surface area (Å²) in [6.45, 7) is 0. The fourth-order valence-electron chi connectivity index (χ4n) is 3.66. The van der Waals surface area contributed by atoms with E-state index in [2.05, 4.69) is 20.8 Å². The first-order valence-electron chi connectivity index (χ1n) is 10.5. The molecular weight excluding hydrogens is 430 g/mol. The van der Waals surface area contributed by atoms with Crippen LogP contribution < -0.4 is 21.1 Å². The molecule has 8 heteroatoms. The van der Waals surface area contributed by atoms with Gasteiger partial charge in [-0.15, -0.1) is 0 Å². The summed E-state index contributed by atoms with van der Waals surface area (Å²) < 4.78 is 10.3. The first-order chi connectivity index (χ1) is 16.6. The van der Waals surface area contributed by atoms with Crippen LogP contribution in [0.15, 0.2) is 89.5 Å². The number of hydrogen-bond donors (Lipinski definition) is 3. The van der Waals surface area contributed by atoms with E-state index in [0.29, 0.717) is 22.4 Å². The van der Waals surface area contributed by atoms with Gasteiger partial charge in [0, 0.05) is 22.5 Å². The van der Waals surface area contributed by atoms with E-state index in [4.69, 9.17) is 15.0 Å². The Bertz CT molecular complexity index is 1450. The van der Waals surface area contributed by atoms with Gasteiger partial charge < -0.3 is 25.6 Å². The first-order valence-corrected chi connectivity index (χ1v) is 10.5. The fourth-order valence-corrected chi connectivity index (χ4v) is 3.66. The number of rotatable bonds is 5. The Kier molecular flexibility index (Phi) is 5.53. The number of benzene rings is 3. The summed E-state index contributed by atoms with van der Waals surface area (Å²) in [7, 11) is 1.59. The monoisotopic (exact) mass is 451 g/mol. The zero-order chi connectivity index (χ0) is 23.5. The number of pyridine rings is 1. The average Bonchev–Trinajstić information content (AvgIpc) is 3.25. The fraction of sp³-hybridized carbons (Fsp3) is 0.0385. The molecule has 2 amide bonds. The number of nitrogens with one attached hydrogen (secondary N) is 2. The van der Waals surface area contributed by atoms with Crippen LogP contribution in [0.2, 0.25) is 0 Å². The molecule has 0 saturated carbocycles. The van der Waals surface area contributed by atoms with Gasteiger partial charge in [-0.1, -0.05) is 47.6 Å². The van der Waals surface area contributed by atoms with Gasteiger partial charge in [0.2, 0.25) is 11.5 Å². The second-order valence-corrected chi connectivity index (χ2v) is 7.55. The second kappa shape index (κ2) is 8.95. The predicted molar refractivity (Wildman–Crippen MR) is 133 cm³/mol. The third-order valence-electron chi connectivity index (χ3n) is 5.35. The number of nitrogens with two attached hydrogens (primary N) is 1. The van der Waals surface area contributed by atoms with Gasteiger partial charge in [-0.05, 0) is 48.0 Å². The number of nitrogens with zero attached hydrogens (tertiary/aromatic N) is 2. The number of hydrogen-bond acceptors (Lipinski definition) is 6. The van der Waals surface area contributed by atoms with Crippen LogP contribution in [0.1, 0.15) is 0 Å². The van der Waals surface area contributed by atoms with Gasteiger partial charge >= 0.3 is 6.03 Å². The molecule has 0 saturated heterocycles. The molecule has 0 spiro atoms. The molecule has 0 fully saturated rings. The Labute approximate surface area is 195 Å². The summed E-state index contributed by atoms with van der Waals surface area (Å²) in [5, 5.41) is 10.3. The predicted octanol–water partition coefficient (Wildman–Crippen LogP) is 5.79. The van der Waals surface area contributed by atoms with Crippen LogP contribution in [0.4, 0.5) is 22.1 Å². The lowest BCUT2D eigenvalue weighted by Gasteiger charge is -2.10. The van der Waals surface area contributed by atoms with Crippen molar-refractivity contribution >= 4 is 34.3 Å². The largest absolute Gasteiger partial charge is 0.497 e. The Hall–Kier alpha value is -4.85. The molecule has 0 aliphatic heterocycles.